The van der Waals surface area contributed by atoms with Gasteiger partial charge in [-0.1, -0.05) is 24.3 Å². The third-order valence-electron chi connectivity index (χ3n) is 3.02. The summed E-state index contributed by atoms with van der Waals surface area (Å²) in [5.74, 6) is 1.81. The maximum absolute atomic E-state index is 7.50. The van der Waals surface area contributed by atoms with Gasteiger partial charge in [0.25, 0.3) is 0 Å². The molecule has 0 saturated carbocycles. The summed E-state index contributed by atoms with van der Waals surface area (Å²) in [4.78, 5) is 0. The molecule has 0 aromatic heterocycles. The Balaban J connectivity index is -0.000000626. The Labute approximate surface area is 159 Å². The van der Waals surface area contributed by atoms with Crippen molar-refractivity contribution >= 4 is 0 Å². The molecule has 5 nitrogen and oxygen atoms in total. The fourth-order valence-corrected chi connectivity index (χ4v) is 1.87. The van der Waals surface area contributed by atoms with E-state index in [1.54, 1.807) is 14.2 Å². The molecule has 2 aromatic rings. The van der Waals surface area contributed by atoms with Gasteiger partial charge in [-0.25, -0.2) is 0 Å². The van der Waals surface area contributed by atoms with Crippen molar-refractivity contribution in [2.75, 3.05) is 14.2 Å². The van der Waals surface area contributed by atoms with E-state index in [2.05, 4.69) is 44.2 Å². The van der Waals surface area contributed by atoms with Crippen molar-refractivity contribution < 1.29 is 40.8 Å². The van der Waals surface area contributed by atoms with Gasteiger partial charge in [0.2, 0.25) is 0 Å². The molecule has 2 aromatic carbocycles. The standard InChI is InChI=1S/C16H18O2.3CO.Cr/c1-17-15-9-5-13(6-10-15)3-4-14-7-11-16(18-2)12-8-14;3*1-2;/h5-12H,3-4H2,1-2H3;;;;/q;;;;+6. The average Bonchev–Trinajstić information content (AvgIpc) is 2.71. The summed E-state index contributed by atoms with van der Waals surface area (Å²) < 4.78 is 32.8. The van der Waals surface area contributed by atoms with Crippen molar-refractivity contribution in [3.05, 3.63) is 79.6 Å². The molecule has 0 aliphatic rings. The van der Waals surface area contributed by atoms with E-state index in [-0.39, 0.29) is 17.4 Å². The minimum atomic E-state index is 0. The van der Waals surface area contributed by atoms with E-state index in [1.807, 2.05) is 24.3 Å². The van der Waals surface area contributed by atoms with Crippen LogP contribution in [0.15, 0.2) is 48.5 Å². The molecule has 0 bridgehead atoms. The van der Waals surface area contributed by atoms with Crippen LogP contribution in [0.25, 0.3) is 0 Å². The predicted octanol–water partition coefficient (Wildman–Crippen LogP) is 3.37. The zero-order valence-electron chi connectivity index (χ0n) is 14.0. The Morgan fingerprint density at radius 1 is 0.600 bits per heavy atom. The first-order chi connectivity index (χ1) is 11.8. The van der Waals surface area contributed by atoms with Crippen LogP contribution in [0.5, 0.6) is 11.5 Å². The summed E-state index contributed by atoms with van der Waals surface area (Å²) in [7, 11) is 3.37. The van der Waals surface area contributed by atoms with Gasteiger partial charge >= 0.3 is 51.3 Å². The molecule has 2 rings (SSSR count). The zero-order valence-corrected chi connectivity index (χ0v) is 15.3. The first-order valence-corrected chi connectivity index (χ1v) is 6.69. The van der Waals surface area contributed by atoms with Crippen molar-refractivity contribution in [3.8, 4) is 11.5 Å². The minimum absolute atomic E-state index is 0. The molecule has 0 N–H and O–H groups in total. The summed E-state index contributed by atoms with van der Waals surface area (Å²) >= 11 is 0. The van der Waals surface area contributed by atoms with Crippen LogP contribution < -0.4 is 9.47 Å². The molecule has 0 heterocycles. The first-order valence-electron chi connectivity index (χ1n) is 6.69. The number of hydrogen-bond donors (Lipinski definition) is 0. The van der Waals surface area contributed by atoms with Crippen molar-refractivity contribution in [2.24, 2.45) is 0 Å². The third-order valence-corrected chi connectivity index (χ3v) is 3.02. The third kappa shape index (κ3) is 11.9. The summed E-state index contributed by atoms with van der Waals surface area (Å²) in [5, 5.41) is 0. The number of methoxy groups -OCH3 is 2. The second-order valence-electron chi connectivity index (χ2n) is 4.20. The van der Waals surface area contributed by atoms with Gasteiger partial charge < -0.3 is 9.47 Å². The van der Waals surface area contributed by atoms with E-state index in [9.17, 15) is 0 Å². The maximum Gasteiger partial charge on any atom is 6.00 e. The van der Waals surface area contributed by atoms with Crippen LogP contribution in [0, 0.1) is 20.0 Å². The SMILES string of the molecule is COc1ccc(CCc2ccc(OC)cc2)cc1.[C-]#[O+].[C-]#[O+].[C-]#[O+].[Cr+6]. The molecule has 0 saturated heterocycles. The molecule has 0 unspecified atom stereocenters. The Morgan fingerprint density at radius 2 is 0.840 bits per heavy atom. The van der Waals surface area contributed by atoms with Gasteiger partial charge in [-0.2, -0.15) is 0 Å². The Bertz CT molecular complexity index is 539. The molecular weight excluding hydrogens is 360 g/mol. The Hall–Kier alpha value is -2.21. The first kappa shape index (κ1) is 27.6. The van der Waals surface area contributed by atoms with E-state index < -0.39 is 0 Å². The second-order valence-corrected chi connectivity index (χ2v) is 4.20. The molecule has 0 radical (unpaired) electrons. The molecule has 0 amide bonds. The number of rotatable bonds is 5. The van der Waals surface area contributed by atoms with Gasteiger partial charge in [0, 0.05) is 0 Å². The predicted molar refractivity (Wildman–Crippen MR) is 85.2 cm³/mol. The monoisotopic (exact) mass is 378 g/mol. The fraction of sp³-hybridized carbons (Fsp3) is 0.211. The largest absolute Gasteiger partial charge is 6.00 e. The molecule has 0 aliphatic carbocycles. The summed E-state index contributed by atoms with van der Waals surface area (Å²) in [5.41, 5.74) is 2.65. The van der Waals surface area contributed by atoms with Crippen LogP contribution in [0.2, 0.25) is 0 Å². The van der Waals surface area contributed by atoms with E-state index in [0.29, 0.717) is 0 Å². The van der Waals surface area contributed by atoms with Crippen LogP contribution >= 0.6 is 0 Å². The van der Waals surface area contributed by atoms with E-state index in [4.69, 9.17) is 23.4 Å². The number of ether oxygens (including phenoxy) is 2. The molecule has 6 heteroatoms. The normalized spacial score (nSPS) is 7.52. The smallest absolute Gasteiger partial charge is 6.00 e. The van der Waals surface area contributed by atoms with Crippen molar-refractivity contribution in [2.45, 2.75) is 12.8 Å². The zero-order chi connectivity index (χ0) is 18.8. The maximum atomic E-state index is 7.50. The number of hydrogen-bond acceptors (Lipinski definition) is 2. The molecule has 25 heavy (non-hydrogen) atoms. The molecular formula is C19H18CrO5+6. The van der Waals surface area contributed by atoms with Crippen molar-refractivity contribution in [3.63, 3.8) is 0 Å². The summed E-state index contributed by atoms with van der Waals surface area (Å²) in [6.07, 6.45) is 2.08. The van der Waals surface area contributed by atoms with Gasteiger partial charge in [0.1, 0.15) is 11.5 Å². The van der Waals surface area contributed by atoms with Gasteiger partial charge in [0.05, 0.1) is 14.2 Å². The minimum Gasteiger partial charge on any atom is 6.00 e. The van der Waals surface area contributed by atoms with E-state index >= 15 is 0 Å². The molecule has 124 valence electrons. The summed E-state index contributed by atoms with van der Waals surface area (Å²) in [6.45, 7) is 13.5. The molecule has 0 fully saturated rings. The van der Waals surface area contributed by atoms with Crippen molar-refractivity contribution in [1.82, 2.24) is 0 Å². The van der Waals surface area contributed by atoms with Crippen LogP contribution in [0.1, 0.15) is 11.1 Å². The van der Waals surface area contributed by atoms with Gasteiger partial charge in [-0.3, -0.25) is 0 Å². The Kier molecular flexibility index (Phi) is 21.9. The average molecular weight is 378 g/mol. The van der Waals surface area contributed by atoms with E-state index in [1.165, 1.54) is 11.1 Å². The second kappa shape index (κ2) is 19.8. The quantitative estimate of drug-likeness (QED) is 0.591. The molecule has 0 aliphatic heterocycles. The fourth-order valence-electron chi connectivity index (χ4n) is 1.87. The Morgan fingerprint density at radius 3 is 1.04 bits per heavy atom. The van der Waals surface area contributed by atoms with Gasteiger partial charge in [0.15, 0.2) is 0 Å². The molecule has 0 spiro atoms. The van der Waals surface area contributed by atoms with Crippen LogP contribution in [0.3, 0.4) is 0 Å². The molecule has 0 atom stereocenters. The number of benzene rings is 2. The van der Waals surface area contributed by atoms with Crippen LogP contribution in [-0.2, 0) is 44.2 Å². The van der Waals surface area contributed by atoms with E-state index in [0.717, 1.165) is 24.3 Å². The number of aryl methyl sites for hydroxylation is 2. The van der Waals surface area contributed by atoms with Crippen LogP contribution in [-0.4, -0.2) is 14.2 Å². The van der Waals surface area contributed by atoms with Crippen molar-refractivity contribution in [1.29, 1.82) is 0 Å². The van der Waals surface area contributed by atoms with Gasteiger partial charge in [-0.05, 0) is 48.2 Å². The topological polar surface area (TPSA) is 78.2 Å². The summed E-state index contributed by atoms with van der Waals surface area (Å²) in [6, 6.07) is 16.5. The van der Waals surface area contributed by atoms with Gasteiger partial charge in [-0.15, -0.1) is 0 Å². The van der Waals surface area contributed by atoms with Crippen LogP contribution in [0.4, 0.5) is 0 Å².